The SMILES string of the molecule is CCOc1ccc(N(CC(=O)N[C@H](C)CC)S(=O)(=O)c2ccc(Cl)cc2)cc1. The predicted octanol–water partition coefficient (Wildman–Crippen LogP) is 3.85. The van der Waals surface area contributed by atoms with E-state index in [1.165, 1.54) is 24.3 Å². The average molecular weight is 425 g/mol. The van der Waals surface area contributed by atoms with Crippen molar-refractivity contribution in [2.24, 2.45) is 0 Å². The second kappa shape index (κ2) is 9.80. The van der Waals surface area contributed by atoms with E-state index in [1.807, 2.05) is 20.8 Å². The molecule has 8 heteroatoms. The molecule has 28 heavy (non-hydrogen) atoms. The smallest absolute Gasteiger partial charge is 0.264 e. The van der Waals surface area contributed by atoms with Crippen LogP contribution in [0.3, 0.4) is 0 Å². The minimum Gasteiger partial charge on any atom is -0.494 e. The number of hydrogen-bond donors (Lipinski definition) is 1. The molecule has 2 aromatic rings. The first-order valence-electron chi connectivity index (χ1n) is 9.08. The lowest BCUT2D eigenvalue weighted by Crippen LogP contribution is -2.43. The maximum atomic E-state index is 13.2. The van der Waals surface area contributed by atoms with Crippen LogP contribution in [0.15, 0.2) is 53.4 Å². The summed E-state index contributed by atoms with van der Waals surface area (Å²) in [6.07, 6.45) is 0.749. The standard InChI is InChI=1S/C20H25ClN2O4S/c1-4-15(3)22-20(24)14-23(17-8-10-18(11-9-17)27-5-2)28(25,26)19-12-6-16(21)7-13-19/h6-13,15H,4-5,14H2,1-3H3,(H,22,24)/t15-/m1/s1. The van der Waals surface area contributed by atoms with E-state index in [0.29, 0.717) is 23.1 Å². The molecule has 0 saturated carbocycles. The van der Waals surface area contributed by atoms with Crippen LogP contribution in [-0.2, 0) is 14.8 Å². The summed E-state index contributed by atoms with van der Waals surface area (Å²) in [5, 5.41) is 3.23. The summed E-state index contributed by atoms with van der Waals surface area (Å²) in [5.41, 5.74) is 0.373. The highest BCUT2D eigenvalue weighted by atomic mass is 35.5. The summed E-state index contributed by atoms with van der Waals surface area (Å²) in [6, 6.07) is 12.4. The van der Waals surface area contributed by atoms with Crippen molar-refractivity contribution in [1.29, 1.82) is 0 Å². The van der Waals surface area contributed by atoms with Gasteiger partial charge in [0.2, 0.25) is 5.91 Å². The molecule has 0 bridgehead atoms. The van der Waals surface area contributed by atoms with Crippen LogP contribution in [0.2, 0.25) is 5.02 Å². The lowest BCUT2D eigenvalue weighted by Gasteiger charge is -2.25. The van der Waals surface area contributed by atoms with E-state index in [1.54, 1.807) is 24.3 Å². The van der Waals surface area contributed by atoms with Gasteiger partial charge in [-0.1, -0.05) is 18.5 Å². The van der Waals surface area contributed by atoms with E-state index in [4.69, 9.17) is 16.3 Å². The highest BCUT2D eigenvalue weighted by Gasteiger charge is 2.27. The molecule has 6 nitrogen and oxygen atoms in total. The molecule has 0 saturated heterocycles. The summed E-state index contributed by atoms with van der Waals surface area (Å²) in [7, 11) is -3.96. The van der Waals surface area contributed by atoms with Gasteiger partial charge in [0.15, 0.2) is 0 Å². The Morgan fingerprint density at radius 2 is 1.71 bits per heavy atom. The molecule has 2 aromatic carbocycles. The van der Waals surface area contributed by atoms with Crippen LogP contribution in [0.1, 0.15) is 27.2 Å². The number of ether oxygens (including phenoxy) is 1. The fourth-order valence-corrected chi connectivity index (χ4v) is 4.02. The van der Waals surface area contributed by atoms with Crippen molar-refractivity contribution in [2.45, 2.75) is 38.1 Å². The zero-order valence-electron chi connectivity index (χ0n) is 16.2. The Morgan fingerprint density at radius 1 is 1.11 bits per heavy atom. The third kappa shape index (κ3) is 5.62. The predicted molar refractivity (Wildman–Crippen MR) is 111 cm³/mol. The summed E-state index contributed by atoms with van der Waals surface area (Å²) in [4.78, 5) is 12.5. The number of amides is 1. The van der Waals surface area contributed by atoms with Crippen LogP contribution in [0.4, 0.5) is 5.69 Å². The van der Waals surface area contributed by atoms with Crippen LogP contribution in [0.5, 0.6) is 5.75 Å². The Hall–Kier alpha value is -2.25. The number of carbonyl (C=O) groups excluding carboxylic acids is 1. The molecule has 0 radical (unpaired) electrons. The van der Waals surface area contributed by atoms with Gasteiger partial charge < -0.3 is 10.1 Å². The van der Waals surface area contributed by atoms with E-state index >= 15 is 0 Å². The molecule has 0 aliphatic rings. The Morgan fingerprint density at radius 3 is 2.25 bits per heavy atom. The molecule has 0 fully saturated rings. The number of benzene rings is 2. The van der Waals surface area contributed by atoms with Crippen molar-refractivity contribution < 1.29 is 17.9 Å². The number of anilines is 1. The monoisotopic (exact) mass is 424 g/mol. The molecule has 0 aliphatic heterocycles. The minimum absolute atomic E-state index is 0.0482. The maximum Gasteiger partial charge on any atom is 0.264 e. The highest BCUT2D eigenvalue weighted by molar-refractivity contribution is 7.92. The summed E-state index contributed by atoms with van der Waals surface area (Å²) >= 11 is 5.88. The third-order valence-corrected chi connectivity index (χ3v) is 6.18. The first-order valence-corrected chi connectivity index (χ1v) is 10.9. The molecule has 0 spiro atoms. The first-order chi connectivity index (χ1) is 13.3. The van der Waals surface area contributed by atoms with Gasteiger partial charge in [0, 0.05) is 11.1 Å². The number of nitrogens with one attached hydrogen (secondary N) is 1. The largest absolute Gasteiger partial charge is 0.494 e. The molecular weight excluding hydrogens is 400 g/mol. The first kappa shape index (κ1) is 22.0. The van der Waals surface area contributed by atoms with Gasteiger partial charge in [-0.3, -0.25) is 9.10 Å². The van der Waals surface area contributed by atoms with Crippen molar-refractivity contribution in [2.75, 3.05) is 17.5 Å². The lowest BCUT2D eigenvalue weighted by molar-refractivity contribution is -0.120. The van der Waals surface area contributed by atoms with Crippen molar-refractivity contribution in [3.05, 3.63) is 53.6 Å². The number of rotatable bonds is 9. The Kier molecular flexibility index (Phi) is 7.71. The van der Waals surface area contributed by atoms with Gasteiger partial charge >= 0.3 is 0 Å². The summed E-state index contributed by atoms with van der Waals surface area (Å²) in [6.45, 7) is 5.85. The topological polar surface area (TPSA) is 75.7 Å². The van der Waals surface area contributed by atoms with Crippen LogP contribution < -0.4 is 14.4 Å². The maximum absolute atomic E-state index is 13.2. The van der Waals surface area contributed by atoms with E-state index in [-0.39, 0.29) is 23.4 Å². The fraction of sp³-hybridized carbons (Fsp3) is 0.350. The second-order valence-corrected chi connectivity index (χ2v) is 8.57. The highest BCUT2D eigenvalue weighted by Crippen LogP contribution is 2.26. The van der Waals surface area contributed by atoms with Gasteiger partial charge in [-0.05, 0) is 68.8 Å². The van der Waals surface area contributed by atoms with Crippen molar-refractivity contribution >= 4 is 33.2 Å². The fourth-order valence-electron chi connectivity index (χ4n) is 2.48. The van der Waals surface area contributed by atoms with Gasteiger partial charge in [0.05, 0.1) is 17.2 Å². The van der Waals surface area contributed by atoms with Gasteiger partial charge in [-0.2, -0.15) is 0 Å². The molecule has 0 unspecified atom stereocenters. The number of carbonyl (C=O) groups is 1. The van der Waals surface area contributed by atoms with E-state index < -0.39 is 10.0 Å². The number of hydrogen-bond acceptors (Lipinski definition) is 4. The molecule has 1 amide bonds. The van der Waals surface area contributed by atoms with Crippen molar-refractivity contribution in [3.63, 3.8) is 0 Å². The van der Waals surface area contributed by atoms with Crippen molar-refractivity contribution in [1.82, 2.24) is 5.32 Å². The quantitative estimate of drug-likeness (QED) is 0.663. The second-order valence-electron chi connectivity index (χ2n) is 6.27. The van der Waals surface area contributed by atoms with Crippen LogP contribution in [-0.4, -0.2) is 33.5 Å². The zero-order chi connectivity index (χ0) is 20.7. The molecule has 0 heterocycles. The Labute approximate surface area is 171 Å². The van der Waals surface area contributed by atoms with E-state index in [2.05, 4.69) is 5.32 Å². The number of nitrogens with zero attached hydrogens (tertiary/aromatic N) is 1. The average Bonchev–Trinajstić information content (AvgIpc) is 2.67. The molecule has 0 aromatic heterocycles. The Bertz CT molecular complexity index is 883. The molecule has 152 valence electrons. The third-order valence-electron chi connectivity index (χ3n) is 4.14. The van der Waals surface area contributed by atoms with E-state index in [0.717, 1.165) is 10.7 Å². The van der Waals surface area contributed by atoms with E-state index in [9.17, 15) is 13.2 Å². The molecule has 0 aliphatic carbocycles. The van der Waals surface area contributed by atoms with Crippen molar-refractivity contribution in [3.8, 4) is 5.75 Å². The van der Waals surface area contributed by atoms with Gasteiger partial charge in [-0.25, -0.2) is 8.42 Å². The molecule has 1 atom stereocenters. The molecule has 1 N–H and O–H groups in total. The molecular formula is C20H25ClN2O4S. The van der Waals surface area contributed by atoms with Gasteiger partial charge in [0.25, 0.3) is 10.0 Å². The summed E-state index contributed by atoms with van der Waals surface area (Å²) in [5.74, 6) is 0.250. The zero-order valence-corrected chi connectivity index (χ0v) is 17.8. The van der Waals surface area contributed by atoms with Crippen LogP contribution >= 0.6 is 11.6 Å². The normalized spacial score (nSPS) is 12.3. The van der Waals surface area contributed by atoms with Gasteiger partial charge in [-0.15, -0.1) is 0 Å². The number of halogens is 1. The van der Waals surface area contributed by atoms with Gasteiger partial charge in [0.1, 0.15) is 12.3 Å². The van der Waals surface area contributed by atoms with Crippen LogP contribution in [0, 0.1) is 0 Å². The minimum atomic E-state index is -3.96. The Balaban J connectivity index is 2.40. The van der Waals surface area contributed by atoms with Crippen LogP contribution in [0.25, 0.3) is 0 Å². The number of sulfonamides is 1. The summed E-state index contributed by atoms with van der Waals surface area (Å²) < 4.78 is 32.9. The lowest BCUT2D eigenvalue weighted by atomic mass is 10.2. The molecule has 2 rings (SSSR count).